The summed E-state index contributed by atoms with van der Waals surface area (Å²) in [5, 5.41) is 4.08. The second-order valence-corrected chi connectivity index (χ2v) is 7.54. The summed E-state index contributed by atoms with van der Waals surface area (Å²) in [4.78, 5) is 19.2. The zero-order valence-electron chi connectivity index (χ0n) is 13.6. The molecule has 2 heterocycles. The minimum absolute atomic E-state index is 0.192. The van der Waals surface area contributed by atoms with E-state index < -0.39 is 0 Å². The van der Waals surface area contributed by atoms with Crippen LogP contribution in [0, 0.1) is 17.8 Å². The van der Waals surface area contributed by atoms with Crippen LogP contribution in [-0.4, -0.2) is 34.0 Å². The lowest BCUT2D eigenvalue weighted by Crippen LogP contribution is -2.51. The summed E-state index contributed by atoms with van der Waals surface area (Å²) in [5.74, 6) is 3.58. The van der Waals surface area contributed by atoms with Gasteiger partial charge in [-0.2, -0.15) is 4.98 Å². The second kappa shape index (κ2) is 5.43. The number of fused-ring (bicyclic) bond motifs is 2. The van der Waals surface area contributed by atoms with Crippen LogP contribution < -0.4 is 0 Å². The van der Waals surface area contributed by atoms with Crippen LogP contribution in [0.1, 0.15) is 37.5 Å². The van der Waals surface area contributed by atoms with Gasteiger partial charge in [0.1, 0.15) is 0 Å². The van der Waals surface area contributed by atoms with Gasteiger partial charge in [-0.15, -0.1) is 0 Å². The van der Waals surface area contributed by atoms with Gasteiger partial charge in [-0.1, -0.05) is 41.9 Å². The van der Waals surface area contributed by atoms with Gasteiger partial charge < -0.3 is 9.42 Å². The van der Waals surface area contributed by atoms with Crippen molar-refractivity contribution in [1.29, 1.82) is 0 Å². The number of rotatable bonds is 3. The Bertz CT molecular complexity index is 751. The molecule has 2 aliphatic carbocycles. The number of likely N-dealkylation sites (tertiary alicyclic amines) is 1. The van der Waals surface area contributed by atoms with Crippen LogP contribution in [0.25, 0.3) is 11.4 Å². The molecule has 0 unspecified atom stereocenters. The van der Waals surface area contributed by atoms with E-state index in [1.54, 1.807) is 0 Å². The molecule has 5 heteroatoms. The van der Waals surface area contributed by atoms with Crippen LogP contribution in [0.15, 0.2) is 34.9 Å². The number of benzene rings is 1. The summed E-state index contributed by atoms with van der Waals surface area (Å²) in [6, 6.07) is 9.84. The standard InChI is InChI=1S/C19H21N3O2/c23-19(16-9-12-6-7-14(16)8-12)22-10-15(11-22)18-20-17(21-24-18)13-4-2-1-3-5-13/h1-5,12,14-16H,6-11H2/t12-,14+,16+/m1/s1. The third kappa shape index (κ3) is 2.26. The van der Waals surface area contributed by atoms with Gasteiger partial charge in [-0.25, -0.2) is 0 Å². The Morgan fingerprint density at radius 3 is 2.67 bits per heavy atom. The SMILES string of the molecule is O=C([C@H]1C[C@@H]2CC[C@H]1C2)N1CC(c2nc(-c3ccccc3)no2)C1. The molecular formula is C19H21N3O2. The molecule has 0 spiro atoms. The van der Waals surface area contributed by atoms with E-state index in [9.17, 15) is 4.79 Å². The van der Waals surface area contributed by atoms with Gasteiger partial charge in [0.05, 0.1) is 5.92 Å². The molecule has 2 saturated carbocycles. The van der Waals surface area contributed by atoms with Crippen molar-refractivity contribution in [3.8, 4) is 11.4 Å². The summed E-state index contributed by atoms with van der Waals surface area (Å²) in [5.41, 5.74) is 0.960. The van der Waals surface area contributed by atoms with E-state index in [-0.39, 0.29) is 11.8 Å². The zero-order chi connectivity index (χ0) is 16.1. The monoisotopic (exact) mass is 323 g/mol. The molecule has 0 radical (unpaired) electrons. The topological polar surface area (TPSA) is 59.2 Å². The lowest BCUT2D eigenvalue weighted by Gasteiger charge is -2.40. The predicted molar refractivity (Wildman–Crippen MR) is 88.0 cm³/mol. The fraction of sp³-hybridized carbons (Fsp3) is 0.526. The Balaban J connectivity index is 1.22. The zero-order valence-corrected chi connectivity index (χ0v) is 13.6. The van der Waals surface area contributed by atoms with Crippen molar-refractivity contribution in [1.82, 2.24) is 15.0 Å². The maximum atomic E-state index is 12.7. The molecule has 3 aliphatic rings. The molecule has 1 aliphatic heterocycles. The average molecular weight is 323 g/mol. The number of hydrogen-bond acceptors (Lipinski definition) is 4. The molecule has 1 saturated heterocycles. The first-order valence-electron chi connectivity index (χ1n) is 8.96. The van der Waals surface area contributed by atoms with E-state index >= 15 is 0 Å². The molecule has 2 bridgehead atoms. The third-order valence-corrected chi connectivity index (χ3v) is 6.07. The molecule has 3 atom stereocenters. The first-order valence-corrected chi connectivity index (χ1v) is 8.96. The lowest BCUT2D eigenvalue weighted by atomic mass is 9.86. The number of nitrogens with zero attached hydrogens (tertiary/aromatic N) is 3. The number of aromatic nitrogens is 2. The second-order valence-electron chi connectivity index (χ2n) is 7.54. The maximum Gasteiger partial charge on any atom is 0.233 e. The normalized spacial score (nSPS) is 29.0. The minimum atomic E-state index is 0.192. The van der Waals surface area contributed by atoms with Crippen molar-refractivity contribution in [2.24, 2.45) is 17.8 Å². The van der Waals surface area contributed by atoms with Gasteiger partial charge in [0.25, 0.3) is 0 Å². The molecule has 1 amide bonds. The van der Waals surface area contributed by atoms with Gasteiger partial charge in [0, 0.05) is 24.6 Å². The summed E-state index contributed by atoms with van der Waals surface area (Å²) >= 11 is 0. The Labute approximate surface area is 141 Å². The number of hydrogen-bond donors (Lipinski definition) is 0. The highest BCUT2D eigenvalue weighted by Gasteiger charge is 2.47. The summed E-state index contributed by atoms with van der Waals surface area (Å²) < 4.78 is 5.43. The fourth-order valence-corrected chi connectivity index (χ4v) is 4.70. The molecule has 1 aromatic heterocycles. The molecule has 5 nitrogen and oxygen atoms in total. The Hall–Kier alpha value is -2.17. The third-order valence-electron chi connectivity index (χ3n) is 6.07. The van der Waals surface area contributed by atoms with Crippen molar-refractivity contribution >= 4 is 5.91 Å². The van der Waals surface area contributed by atoms with Crippen molar-refractivity contribution in [2.45, 2.75) is 31.6 Å². The van der Waals surface area contributed by atoms with Crippen molar-refractivity contribution in [3.63, 3.8) is 0 Å². The van der Waals surface area contributed by atoms with Crippen LogP contribution in [0.5, 0.6) is 0 Å². The van der Waals surface area contributed by atoms with Gasteiger partial charge in [0.15, 0.2) is 0 Å². The predicted octanol–water partition coefficient (Wildman–Crippen LogP) is 3.10. The number of amides is 1. The highest BCUT2D eigenvalue weighted by atomic mass is 16.5. The quantitative estimate of drug-likeness (QED) is 0.871. The summed E-state index contributed by atoms with van der Waals surface area (Å²) in [6.45, 7) is 1.45. The van der Waals surface area contributed by atoms with E-state index in [2.05, 4.69) is 10.1 Å². The molecule has 3 fully saturated rings. The highest BCUT2D eigenvalue weighted by molar-refractivity contribution is 5.80. The largest absolute Gasteiger partial charge is 0.341 e. The van der Waals surface area contributed by atoms with Gasteiger partial charge in [-0.05, 0) is 31.1 Å². The van der Waals surface area contributed by atoms with Crippen molar-refractivity contribution in [2.75, 3.05) is 13.1 Å². The summed E-state index contributed by atoms with van der Waals surface area (Å²) in [6.07, 6.45) is 4.98. The Morgan fingerprint density at radius 2 is 1.96 bits per heavy atom. The van der Waals surface area contributed by atoms with Crippen LogP contribution in [-0.2, 0) is 4.79 Å². The Morgan fingerprint density at radius 1 is 1.12 bits per heavy atom. The molecule has 24 heavy (non-hydrogen) atoms. The van der Waals surface area contributed by atoms with Crippen LogP contribution >= 0.6 is 0 Å². The highest BCUT2D eigenvalue weighted by Crippen LogP contribution is 2.49. The van der Waals surface area contributed by atoms with E-state index in [0.29, 0.717) is 23.5 Å². The first-order chi connectivity index (χ1) is 11.8. The first kappa shape index (κ1) is 14.2. The molecule has 1 aromatic carbocycles. The van der Waals surface area contributed by atoms with Crippen LogP contribution in [0.2, 0.25) is 0 Å². The smallest absolute Gasteiger partial charge is 0.233 e. The van der Waals surface area contributed by atoms with E-state index in [0.717, 1.165) is 31.0 Å². The summed E-state index contributed by atoms with van der Waals surface area (Å²) in [7, 11) is 0. The maximum absolute atomic E-state index is 12.7. The Kier molecular flexibility index (Phi) is 3.21. The van der Waals surface area contributed by atoms with Crippen LogP contribution in [0.4, 0.5) is 0 Å². The molecular weight excluding hydrogens is 302 g/mol. The van der Waals surface area contributed by atoms with Crippen molar-refractivity contribution < 1.29 is 9.32 Å². The minimum Gasteiger partial charge on any atom is -0.341 e. The van der Waals surface area contributed by atoms with Gasteiger partial charge in [-0.3, -0.25) is 4.79 Å². The van der Waals surface area contributed by atoms with E-state index in [1.807, 2.05) is 35.2 Å². The molecule has 2 aromatic rings. The average Bonchev–Trinajstić information content (AvgIpc) is 3.31. The van der Waals surface area contributed by atoms with Gasteiger partial charge in [0.2, 0.25) is 17.6 Å². The molecule has 5 rings (SSSR count). The fourth-order valence-electron chi connectivity index (χ4n) is 4.70. The van der Waals surface area contributed by atoms with Crippen molar-refractivity contribution in [3.05, 3.63) is 36.2 Å². The molecule has 124 valence electrons. The van der Waals surface area contributed by atoms with E-state index in [4.69, 9.17) is 4.52 Å². The molecule has 0 N–H and O–H groups in total. The van der Waals surface area contributed by atoms with E-state index in [1.165, 1.54) is 19.3 Å². The van der Waals surface area contributed by atoms with Crippen LogP contribution in [0.3, 0.4) is 0 Å². The number of carbonyl (C=O) groups excluding carboxylic acids is 1. The number of carbonyl (C=O) groups is 1. The van der Waals surface area contributed by atoms with Gasteiger partial charge >= 0.3 is 0 Å². The lowest BCUT2D eigenvalue weighted by molar-refractivity contribution is -0.142.